The van der Waals surface area contributed by atoms with Gasteiger partial charge in [0.25, 0.3) is 10.0 Å². The van der Waals surface area contributed by atoms with Gasteiger partial charge in [-0.3, -0.25) is 4.98 Å². The van der Waals surface area contributed by atoms with E-state index in [0.717, 1.165) is 5.56 Å². The van der Waals surface area contributed by atoms with Crippen LogP contribution in [0.1, 0.15) is 5.56 Å². The Bertz CT molecular complexity index is 1180. The molecule has 0 N–H and O–H groups in total. The van der Waals surface area contributed by atoms with E-state index in [4.69, 9.17) is 0 Å². The lowest BCUT2D eigenvalue weighted by Gasteiger charge is -2.06. The highest BCUT2D eigenvalue weighted by Crippen LogP contribution is 2.33. The first-order valence-corrected chi connectivity index (χ1v) is 10.3. The maximum absolute atomic E-state index is 13.1. The number of aromatic nitrogens is 4. The molecule has 0 radical (unpaired) electrons. The largest absolute Gasteiger partial charge is 0.269 e. The van der Waals surface area contributed by atoms with Gasteiger partial charge in [0.1, 0.15) is 15.1 Å². The fraction of sp³-hybridized carbons (Fsp3) is 0.0625. The molecule has 0 atom stereocenters. The van der Waals surface area contributed by atoms with Crippen LogP contribution in [0.15, 0.2) is 57.7 Å². The first kappa shape index (κ1) is 16.4. The summed E-state index contributed by atoms with van der Waals surface area (Å²) < 4.78 is 28.0. The average Bonchev–Trinajstić information content (AvgIpc) is 3.19. The summed E-state index contributed by atoms with van der Waals surface area (Å²) in [6.45, 7) is 1.91. The number of fused-ring (bicyclic) bond motifs is 1. The van der Waals surface area contributed by atoms with Crippen LogP contribution in [0, 0.1) is 6.92 Å². The lowest BCUT2D eigenvalue weighted by Crippen LogP contribution is -2.12. The van der Waals surface area contributed by atoms with Crippen molar-refractivity contribution in [2.24, 2.45) is 0 Å². The molecule has 0 unspecified atom stereocenters. The Morgan fingerprint density at radius 2 is 1.84 bits per heavy atom. The van der Waals surface area contributed by atoms with Crippen molar-refractivity contribution in [2.75, 3.05) is 0 Å². The van der Waals surface area contributed by atoms with Crippen molar-refractivity contribution < 1.29 is 8.42 Å². The van der Waals surface area contributed by atoms with Crippen molar-refractivity contribution in [3.05, 3.63) is 58.4 Å². The Morgan fingerprint density at radius 3 is 2.52 bits per heavy atom. The number of nitrogens with zero attached hydrogens (tertiary/aromatic N) is 4. The molecular weight excluding hydrogens is 424 g/mol. The van der Waals surface area contributed by atoms with Crippen molar-refractivity contribution in [1.82, 2.24) is 18.9 Å². The molecule has 3 heterocycles. The summed E-state index contributed by atoms with van der Waals surface area (Å²) in [7, 11) is -3.78. The Labute approximate surface area is 156 Å². The van der Waals surface area contributed by atoms with Crippen LogP contribution in [0.3, 0.4) is 0 Å². The summed E-state index contributed by atoms with van der Waals surface area (Å²) in [6, 6.07) is 6.71. The fourth-order valence-electron chi connectivity index (χ4n) is 2.46. The van der Waals surface area contributed by atoms with Crippen LogP contribution in [0.4, 0.5) is 0 Å². The van der Waals surface area contributed by atoms with Gasteiger partial charge < -0.3 is 0 Å². The van der Waals surface area contributed by atoms with Crippen LogP contribution in [0.25, 0.3) is 21.7 Å². The van der Waals surface area contributed by atoms with Crippen molar-refractivity contribution >= 4 is 48.5 Å². The number of benzene rings is 1. The standard InChI is InChI=1S/C16H11BrN4O2S2/c1-10-2-4-11(5-3-10)25(22,23)21-8-12(16-20-13(17)9-24-16)14-15(21)19-7-6-18-14/h2-9H,1H3. The second-order valence-electron chi connectivity index (χ2n) is 5.36. The minimum absolute atomic E-state index is 0.201. The Hall–Kier alpha value is -2.10. The molecule has 0 spiro atoms. The van der Waals surface area contributed by atoms with Crippen molar-refractivity contribution in [3.8, 4) is 10.6 Å². The molecule has 0 saturated carbocycles. The van der Waals surface area contributed by atoms with Crippen LogP contribution in [0.5, 0.6) is 0 Å². The van der Waals surface area contributed by atoms with E-state index in [2.05, 4.69) is 30.9 Å². The molecule has 0 aliphatic carbocycles. The van der Waals surface area contributed by atoms with Gasteiger partial charge in [0, 0.05) is 24.0 Å². The number of hydrogen-bond donors (Lipinski definition) is 0. The lowest BCUT2D eigenvalue weighted by molar-refractivity contribution is 0.588. The highest BCUT2D eigenvalue weighted by atomic mass is 79.9. The number of halogens is 1. The van der Waals surface area contributed by atoms with E-state index in [-0.39, 0.29) is 10.5 Å². The SMILES string of the molecule is Cc1ccc(S(=O)(=O)n2cc(-c3nc(Br)cs3)c3nccnc32)cc1. The van der Waals surface area contributed by atoms with E-state index in [1.807, 2.05) is 12.3 Å². The van der Waals surface area contributed by atoms with Crippen LogP contribution in [0.2, 0.25) is 0 Å². The zero-order valence-corrected chi connectivity index (χ0v) is 16.1. The van der Waals surface area contributed by atoms with E-state index in [1.54, 1.807) is 24.3 Å². The number of thiazole rings is 1. The molecule has 9 heteroatoms. The van der Waals surface area contributed by atoms with E-state index in [1.165, 1.54) is 33.9 Å². The Morgan fingerprint density at radius 1 is 1.12 bits per heavy atom. The molecule has 4 rings (SSSR count). The van der Waals surface area contributed by atoms with Crippen LogP contribution >= 0.6 is 27.3 Å². The molecule has 0 fully saturated rings. The molecule has 25 heavy (non-hydrogen) atoms. The monoisotopic (exact) mass is 434 g/mol. The normalized spacial score (nSPS) is 11.9. The maximum atomic E-state index is 13.1. The first-order chi connectivity index (χ1) is 12.0. The van der Waals surface area contributed by atoms with E-state index >= 15 is 0 Å². The number of aryl methyl sites for hydroxylation is 1. The molecule has 0 saturated heterocycles. The maximum Gasteiger partial charge on any atom is 0.269 e. The minimum atomic E-state index is -3.78. The van der Waals surface area contributed by atoms with Crippen LogP contribution in [-0.2, 0) is 10.0 Å². The fourth-order valence-corrected chi connectivity index (χ4v) is 5.04. The van der Waals surface area contributed by atoms with Gasteiger partial charge in [-0.05, 0) is 35.0 Å². The molecule has 0 bridgehead atoms. The van der Waals surface area contributed by atoms with E-state index < -0.39 is 10.0 Å². The minimum Gasteiger partial charge on any atom is -0.251 e. The third-order valence-corrected chi connectivity index (χ3v) is 6.92. The molecule has 0 amide bonds. The molecule has 4 aromatic rings. The van der Waals surface area contributed by atoms with Crippen molar-refractivity contribution in [3.63, 3.8) is 0 Å². The zero-order valence-electron chi connectivity index (χ0n) is 12.9. The Balaban J connectivity index is 1.98. The predicted molar refractivity (Wildman–Crippen MR) is 100 cm³/mol. The first-order valence-electron chi connectivity index (χ1n) is 7.22. The van der Waals surface area contributed by atoms with E-state index in [9.17, 15) is 8.42 Å². The van der Waals surface area contributed by atoms with Crippen molar-refractivity contribution in [2.45, 2.75) is 11.8 Å². The van der Waals surface area contributed by atoms with Gasteiger partial charge in [-0.2, -0.15) is 0 Å². The molecule has 6 nitrogen and oxygen atoms in total. The lowest BCUT2D eigenvalue weighted by atomic mass is 10.2. The molecule has 3 aromatic heterocycles. The quantitative estimate of drug-likeness (QED) is 0.488. The Kier molecular flexibility index (Phi) is 3.94. The van der Waals surface area contributed by atoms with Gasteiger partial charge in [-0.15, -0.1) is 11.3 Å². The summed E-state index contributed by atoms with van der Waals surface area (Å²) in [5.41, 5.74) is 2.41. The van der Waals surface area contributed by atoms with Gasteiger partial charge in [-0.1, -0.05) is 17.7 Å². The average molecular weight is 435 g/mol. The van der Waals surface area contributed by atoms with Crippen LogP contribution in [-0.4, -0.2) is 27.3 Å². The molecule has 126 valence electrons. The van der Waals surface area contributed by atoms with Crippen molar-refractivity contribution in [1.29, 1.82) is 0 Å². The van der Waals surface area contributed by atoms with Gasteiger partial charge in [0.05, 0.1) is 10.5 Å². The summed E-state index contributed by atoms with van der Waals surface area (Å²) >= 11 is 4.73. The summed E-state index contributed by atoms with van der Waals surface area (Å²) in [5, 5.41) is 2.51. The van der Waals surface area contributed by atoms with E-state index in [0.29, 0.717) is 20.7 Å². The summed E-state index contributed by atoms with van der Waals surface area (Å²) in [6.07, 6.45) is 4.55. The second kappa shape index (κ2) is 6.01. The topological polar surface area (TPSA) is 77.7 Å². The zero-order chi connectivity index (χ0) is 17.6. The number of hydrogen-bond acceptors (Lipinski definition) is 6. The van der Waals surface area contributed by atoms with Gasteiger partial charge in [0.15, 0.2) is 5.65 Å². The summed E-state index contributed by atoms with van der Waals surface area (Å²) in [4.78, 5) is 13.1. The van der Waals surface area contributed by atoms with Gasteiger partial charge in [-0.25, -0.2) is 22.4 Å². The smallest absolute Gasteiger partial charge is 0.251 e. The van der Waals surface area contributed by atoms with Crippen LogP contribution < -0.4 is 0 Å². The molecule has 0 aliphatic rings. The number of rotatable bonds is 3. The highest BCUT2D eigenvalue weighted by Gasteiger charge is 2.24. The molecular formula is C16H11BrN4O2S2. The third-order valence-electron chi connectivity index (χ3n) is 3.67. The highest BCUT2D eigenvalue weighted by molar-refractivity contribution is 9.10. The van der Waals surface area contributed by atoms with Gasteiger partial charge >= 0.3 is 0 Å². The molecule has 0 aliphatic heterocycles. The third kappa shape index (κ3) is 2.78. The summed E-state index contributed by atoms with van der Waals surface area (Å²) in [5.74, 6) is 0. The second-order valence-corrected chi connectivity index (χ2v) is 8.85. The molecule has 1 aromatic carbocycles. The van der Waals surface area contributed by atoms with Gasteiger partial charge in [0.2, 0.25) is 0 Å². The predicted octanol–water partition coefficient (Wildman–Crippen LogP) is 3.86.